The van der Waals surface area contributed by atoms with Crippen molar-refractivity contribution in [3.63, 3.8) is 0 Å². The third-order valence-electron chi connectivity index (χ3n) is 3.77. The first-order valence-electron chi connectivity index (χ1n) is 7.74. The van der Waals surface area contributed by atoms with E-state index in [1.807, 2.05) is 0 Å². The van der Waals surface area contributed by atoms with E-state index < -0.39 is 28.4 Å². The van der Waals surface area contributed by atoms with Gasteiger partial charge in [-0.05, 0) is 48.0 Å². The molecule has 3 N–H and O–H groups in total. The summed E-state index contributed by atoms with van der Waals surface area (Å²) in [7, 11) is -3.77. The Bertz CT molecular complexity index is 954. The van der Waals surface area contributed by atoms with Crippen LogP contribution in [0.3, 0.4) is 0 Å². The molecule has 0 bridgehead atoms. The molecule has 0 radical (unpaired) electrons. The summed E-state index contributed by atoms with van der Waals surface area (Å²) in [6.45, 7) is 0.0485. The Morgan fingerprint density at radius 1 is 1.12 bits per heavy atom. The van der Waals surface area contributed by atoms with E-state index in [0.29, 0.717) is 18.8 Å². The zero-order chi connectivity index (χ0) is 18.7. The summed E-state index contributed by atoms with van der Waals surface area (Å²) in [4.78, 5) is 22.3. The number of anilines is 1. The molecule has 0 spiro atoms. The Labute approximate surface area is 149 Å². The Morgan fingerprint density at radius 2 is 1.85 bits per heavy atom. The van der Waals surface area contributed by atoms with E-state index in [1.165, 1.54) is 30.3 Å². The van der Waals surface area contributed by atoms with Crippen LogP contribution in [0.2, 0.25) is 0 Å². The van der Waals surface area contributed by atoms with Gasteiger partial charge in [-0.2, -0.15) is 0 Å². The first-order chi connectivity index (χ1) is 12.3. The molecule has 26 heavy (non-hydrogen) atoms. The van der Waals surface area contributed by atoms with Crippen molar-refractivity contribution < 1.29 is 27.9 Å². The quantitative estimate of drug-likeness (QED) is 0.697. The Kier molecular flexibility index (Phi) is 4.81. The third-order valence-corrected chi connectivity index (χ3v) is 5.15. The zero-order valence-electron chi connectivity index (χ0n) is 13.6. The van der Waals surface area contributed by atoms with Gasteiger partial charge in [0.25, 0.3) is 15.9 Å². The number of carbonyl (C=O) groups excluding carboxylic acids is 1. The number of carboxylic acid groups (broad SMARTS) is 1. The lowest BCUT2D eigenvalue weighted by molar-refractivity contribution is -0.135. The number of carbonyl (C=O) groups is 2. The molecular weight excluding hydrogens is 360 g/mol. The molecular formula is C17H16N2O6S. The van der Waals surface area contributed by atoms with Gasteiger partial charge in [-0.1, -0.05) is 0 Å². The van der Waals surface area contributed by atoms with Crippen LogP contribution in [-0.4, -0.2) is 38.6 Å². The minimum atomic E-state index is -3.77. The normalized spacial score (nSPS) is 12.8. The second-order valence-corrected chi connectivity index (χ2v) is 7.31. The van der Waals surface area contributed by atoms with Gasteiger partial charge in [0.15, 0.2) is 0 Å². The van der Waals surface area contributed by atoms with Gasteiger partial charge in [-0.25, -0.2) is 8.42 Å². The van der Waals surface area contributed by atoms with Crippen LogP contribution in [0.15, 0.2) is 47.4 Å². The molecule has 1 aliphatic heterocycles. The highest BCUT2D eigenvalue weighted by molar-refractivity contribution is 7.92. The van der Waals surface area contributed by atoms with Crippen molar-refractivity contribution >= 4 is 27.6 Å². The van der Waals surface area contributed by atoms with Crippen LogP contribution >= 0.6 is 0 Å². The molecule has 0 aromatic heterocycles. The molecule has 8 nitrogen and oxygen atoms in total. The van der Waals surface area contributed by atoms with Crippen LogP contribution in [0.25, 0.3) is 0 Å². The van der Waals surface area contributed by atoms with Crippen molar-refractivity contribution in [1.29, 1.82) is 0 Å². The van der Waals surface area contributed by atoms with E-state index in [4.69, 9.17) is 9.84 Å². The van der Waals surface area contributed by atoms with E-state index >= 15 is 0 Å². The van der Waals surface area contributed by atoms with E-state index in [-0.39, 0.29) is 16.1 Å². The molecule has 1 amide bonds. The summed E-state index contributed by atoms with van der Waals surface area (Å²) in [5, 5.41) is 10.8. The Morgan fingerprint density at radius 3 is 2.54 bits per heavy atom. The van der Waals surface area contributed by atoms with Gasteiger partial charge in [0.2, 0.25) is 0 Å². The highest BCUT2D eigenvalue weighted by Crippen LogP contribution is 2.28. The van der Waals surface area contributed by atoms with Gasteiger partial charge < -0.3 is 15.2 Å². The maximum Gasteiger partial charge on any atom is 0.322 e. The molecule has 0 aliphatic carbocycles. The number of aliphatic carboxylic acids is 1. The molecule has 3 rings (SSSR count). The van der Waals surface area contributed by atoms with Gasteiger partial charge in [0.05, 0.1) is 11.5 Å². The number of fused-ring (bicyclic) bond motifs is 1. The summed E-state index contributed by atoms with van der Waals surface area (Å²) >= 11 is 0. The highest BCUT2D eigenvalue weighted by atomic mass is 32.2. The summed E-state index contributed by atoms with van der Waals surface area (Å²) in [5.41, 5.74) is 1.36. The van der Waals surface area contributed by atoms with Crippen molar-refractivity contribution in [2.45, 2.75) is 11.3 Å². The standard InChI is InChI=1S/C17H16N2O6S/c20-16(21)10-18-17(22)11-1-3-13(4-2-11)19-26(23,24)14-5-6-15-12(9-14)7-8-25-15/h1-6,9,19H,7-8,10H2,(H,18,22)(H,20,21). The number of benzene rings is 2. The van der Waals surface area contributed by atoms with Crippen molar-refractivity contribution in [2.75, 3.05) is 17.9 Å². The van der Waals surface area contributed by atoms with Gasteiger partial charge in [-0.15, -0.1) is 0 Å². The number of nitrogens with one attached hydrogen (secondary N) is 2. The fourth-order valence-electron chi connectivity index (χ4n) is 2.49. The summed E-state index contributed by atoms with van der Waals surface area (Å²) in [6, 6.07) is 10.4. The molecule has 0 fully saturated rings. The van der Waals surface area contributed by atoms with Crippen molar-refractivity contribution in [2.24, 2.45) is 0 Å². The van der Waals surface area contributed by atoms with Crippen LogP contribution in [0.1, 0.15) is 15.9 Å². The smallest absolute Gasteiger partial charge is 0.322 e. The summed E-state index contributed by atoms with van der Waals surface area (Å²) < 4.78 is 32.8. The Balaban J connectivity index is 1.72. The molecule has 0 unspecified atom stereocenters. The minimum absolute atomic E-state index is 0.130. The third kappa shape index (κ3) is 3.94. The molecule has 2 aromatic rings. The maximum atomic E-state index is 12.5. The van der Waals surface area contributed by atoms with Crippen molar-refractivity contribution in [1.82, 2.24) is 5.32 Å². The van der Waals surface area contributed by atoms with E-state index in [1.54, 1.807) is 12.1 Å². The van der Waals surface area contributed by atoms with Crippen LogP contribution in [0.5, 0.6) is 5.75 Å². The van der Waals surface area contributed by atoms with Crippen LogP contribution in [0, 0.1) is 0 Å². The topological polar surface area (TPSA) is 122 Å². The highest BCUT2D eigenvalue weighted by Gasteiger charge is 2.19. The largest absolute Gasteiger partial charge is 0.493 e. The number of amides is 1. The van der Waals surface area contributed by atoms with Crippen LogP contribution < -0.4 is 14.8 Å². The van der Waals surface area contributed by atoms with Crippen LogP contribution in [-0.2, 0) is 21.2 Å². The lowest BCUT2D eigenvalue weighted by Crippen LogP contribution is -2.29. The fraction of sp³-hybridized carbons (Fsp3) is 0.176. The molecule has 0 atom stereocenters. The lowest BCUT2D eigenvalue weighted by atomic mass is 10.2. The monoisotopic (exact) mass is 376 g/mol. The van der Waals surface area contributed by atoms with E-state index in [0.717, 1.165) is 5.56 Å². The van der Waals surface area contributed by atoms with Gasteiger partial charge >= 0.3 is 5.97 Å². The van der Waals surface area contributed by atoms with Crippen LogP contribution in [0.4, 0.5) is 5.69 Å². The molecule has 0 saturated carbocycles. The number of ether oxygens (including phenoxy) is 1. The predicted molar refractivity (Wildman–Crippen MR) is 92.9 cm³/mol. The molecule has 1 aliphatic rings. The molecule has 1 heterocycles. The zero-order valence-corrected chi connectivity index (χ0v) is 14.4. The molecule has 136 valence electrons. The number of carboxylic acids is 1. The van der Waals surface area contributed by atoms with E-state index in [2.05, 4.69) is 10.0 Å². The average molecular weight is 376 g/mol. The number of sulfonamides is 1. The Hall–Kier alpha value is -3.07. The molecule has 9 heteroatoms. The number of rotatable bonds is 6. The van der Waals surface area contributed by atoms with E-state index in [9.17, 15) is 18.0 Å². The van der Waals surface area contributed by atoms with Gasteiger partial charge in [0.1, 0.15) is 12.3 Å². The first-order valence-corrected chi connectivity index (χ1v) is 9.22. The molecule has 2 aromatic carbocycles. The van der Waals surface area contributed by atoms with Gasteiger partial charge in [0, 0.05) is 17.7 Å². The molecule has 0 saturated heterocycles. The fourth-order valence-corrected chi connectivity index (χ4v) is 3.60. The van der Waals surface area contributed by atoms with Crippen molar-refractivity contribution in [3.05, 3.63) is 53.6 Å². The number of hydrogen-bond donors (Lipinski definition) is 3. The first kappa shape index (κ1) is 17.7. The second kappa shape index (κ2) is 7.04. The average Bonchev–Trinajstić information content (AvgIpc) is 3.07. The minimum Gasteiger partial charge on any atom is -0.493 e. The van der Waals surface area contributed by atoms with Crippen molar-refractivity contribution in [3.8, 4) is 5.75 Å². The van der Waals surface area contributed by atoms with Gasteiger partial charge in [-0.3, -0.25) is 14.3 Å². The SMILES string of the molecule is O=C(O)CNC(=O)c1ccc(NS(=O)(=O)c2ccc3c(c2)CCO3)cc1. The second-order valence-electron chi connectivity index (χ2n) is 5.63. The summed E-state index contributed by atoms with van der Waals surface area (Å²) in [5.74, 6) is -1.01. The predicted octanol–water partition coefficient (Wildman–Crippen LogP) is 1.24. The summed E-state index contributed by atoms with van der Waals surface area (Å²) in [6.07, 6.45) is 0.666. The maximum absolute atomic E-state index is 12.5. The number of hydrogen-bond acceptors (Lipinski definition) is 5. The lowest BCUT2D eigenvalue weighted by Gasteiger charge is -2.10.